The lowest BCUT2D eigenvalue weighted by Crippen LogP contribution is -2.54. The minimum absolute atomic E-state index is 0. The van der Waals surface area contributed by atoms with Crippen molar-refractivity contribution in [3.63, 3.8) is 0 Å². The zero-order valence-corrected chi connectivity index (χ0v) is 15.8. The van der Waals surface area contributed by atoms with E-state index in [-0.39, 0.29) is 42.1 Å². The van der Waals surface area contributed by atoms with Crippen molar-refractivity contribution in [2.24, 2.45) is 17.6 Å². The Morgan fingerprint density at radius 3 is 2.64 bits per heavy atom. The van der Waals surface area contributed by atoms with Crippen LogP contribution >= 0.6 is 12.4 Å². The largest absolute Gasteiger partial charge is 0.349 e. The molecule has 2 amide bonds. The van der Waals surface area contributed by atoms with Crippen LogP contribution in [-0.2, 0) is 16.0 Å². The minimum Gasteiger partial charge on any atom is -0.349 e. The van der Waals surface area contributed by atoms with Crippen LogP contribution in [0.1, 0.15) is 38.7 Å². The predicted molar refractivity (Wildman–Crippen MR) is 102 cm³/mol. The molecule has 1 aliphatic heterocycles. The number of nitrogens with one attached hydrogen (secondary N) is 1. The Hall–Kier alpha value is -1.59. The average molecular weight is 366 g/mol. The van der Waals surface area contributed by atoms with Gasteiger partial charge in [0, 0.05) is 25.2 Å². The van der Waals surface area contributed by atoms with Crippen LogP contribution in [0.2, 0.25) is 0 Å². The van der Waals surface area contributed by atoms with E-state index in [4.69, 9.17) is 5.73 Å². The molecule has 3 rings (SSSR count). The molecule has 2 atom stereocenters. The van der Waals surface area contributed by atoms with Crippen LogP contribution in [0.3, 0.4) is 0 Å². The molecule has 1 heterocycles. The Morgan fingerprint density at radius 1 is 1.36 bits per heavy atom. The van der Waals surface area contributed by atoms with Gasteiger partial charge in [-0.2, -0.15) is 0 Å². The van der Waals surface area contributed by atoms with E-state index in [9.17, 15) is 9.59 Å². The first-order valence-corrected chi connectivity index (χ1v) is 8.89. The predicted octanol–water partition coefficient (Wildman–Crippen LogP) is 2.27. The highest BCUT2D eigenvalue weighted by Gasteiger charge is 2.44. The normalized spacial score (nSPS) is 22.3. The minimum atomic E-state index is -0.338. The third kappa shape index (κ3) is 3.98. The summed E-state index contributed by atoms with van der Waals surface area (Å²) in [5.74, 6) is 0.157. The number of carbonyl (C=O) groups excluding carboxylic acids is 2. The molecule has 25 heavy (non-hydrogen) atoms. The Labute approximate surface area is 155 Å². The maximum Gasteiger partial charge on any atom is 0.227 e. The van der Waals surface area contributed by atoms with E-state index in [0.717, 1.165) is 30.5 Å². The fourth-order valence-electron chi connectivity index (χ4n) is 3.61. The van der Waals surface area contributed by atoms with Gasteiger partial charge in [-0.3, -0.25) is 9.59 Å². The highest BCUT2D eigenvalue weighted by atomic mass is 35.5. The van der Waals surface area contributed by atoms with Crippen LogP contribution < -0.4 is 16.0 Å². The van der Waals surface area contributed by atoms with Gasteiger partial charge < -0.3 is 16.0 Å². The fraction of sp³-hybridized carbons (Fsp3) is 0.579. The molecule has 3 N–H and O–H groups in total. The fourth-order valence-corrected chi connectivity index (χ4v) is 3.61. The van der Waals surface area contributed by atoms with Gasteiger partial charge in [-0.25, -0.2) is 0 Å². The number of benzene rings is 1. The van der Waals surface area contributed by atoms with Crippen molar-refractivity contribution in [2.45, 2.75) is 45.1 Å². The second kappa shape index (κ2) is 7.75. The zero-order chi connectivity index (χ0) is 17.3. The molecule has 0 spiro atoms. The van der Waals surface area contributed by atoms with E-state index in [1.165, 1.54) is 0 Å². The third-order valence-electron chi connectivity index (χ3n) is 5.47. The zero-order valence-electron chi connectivity index (χ0n) is 15.0. The van der Waals surface area contributed by atoms with Crippen molar-refractivity contribution >= 4 is 29.9 Å². The third-order valence-corrected chi connectivity index (χ3v) is 5.47. The van der Waals surface area contributed by atoms with E-state index in [1.54, 1.807) is 4.90 Å². The summed E-state index contributed by atoms with van der Waals surface area (Å²) in [6.45, 7) is 4.98. The van der Waals surface area contributed by atoms with Gasteiger partial charge >= 0.3 is 0 Å². The molecule has 0 radical (unpaired) electrons. The molecular weight excluding hydrogens is 338 g/mol. The van der Waals surface area contributed by atoms with Crippen molar-refractivity contribution in [3.05, 3.63) is 29.8 Å². The monoisotopic (exact) mass is 365 g/mol. The number of amides is 2. The Bertz CT molecular complexity index is 647. The van der Waals surface area contributed by atoms with Crippen LogP contribution in [0.4, 0.5) is 5.69 Å². The van der Waals surface area contributed by atoms with Crippen molar-refractivity contribution in [1.29, 1.82) is 0 Å². The number of aryl methyl sites for hydroxylation is 1. The summed E-state index contributed by atoms with van der Waals surface area (Å²) in [4.78, 5) is 26.9. The maximum absolute atomic E-state index is 12.7. The molecule has 2 aliphatic rings. The van der Waals surface area contributed by atoms with Crippen LogP contribution in [0.25, 0.3) is 0 Å². The van der Waals surface area contributed by atoms with Crippen molar-refractivity contribution in [2.75, 3.05) is 18.0 Å². The summed E-state index contributed by atoms with van der Waals surface area (Å²) in [6, 6.07) is 7.92. The highest BCUT2D eigenvalue weighted by Crippen LogP contribution is 2.39. The first-order chi connectivity index (χ1) is 11.5. The number of anilines is 1. The molecule has 0 bridgehead atoms. The number of rotatable bonds is 6. The van der Waals surface area contributed by atoms with Crippen molar-refractivity contribution in [3.8, 4) is 0 Å². The van der Waals surface area contributed by atoms with Crippen LogP contribution in [-0.4, -0.2) is 30.4 Å². The smallest absolute Gasteiger partial charge is 0.227 e. The summed E-state index contributed by atoms with van der Waals surface area (Å²) >= 11 is 0. The summed E-state index contributed by atoms with van der Waals surface area (Å²) in [7, 11) is 0. The maximum atomic E-state index is 12.7. The van der Waals surface area contributed by atoms with Gasteiger partial charge in [0.2, 0.25) is 11.8 Å². The molecule has 6 heteroatoms. The summed E-state index contributed by atoms with van der Waals surface area (Å²) < 4.78 is 0. The van der Waals surface area contributed by atoms with E-state index < -0.39 is 0 Å². The molecule has 2 fully saturated rings. The number of nitrogens with zero attached hydrogens (tertiary/aromatic N) is 1. The van der Waals surface area contributed by atoms with E-state index in [0.29, 0.717) is 19.0 Å². The molecule has 0 aromatic heterocycles. The molecule has 1 aliphatic carbocycles. The van der Waals surface area contributed by atoms with E-state index in [2.05, 4.69) is 12.2 Å². The average Bonchev–Trinajstić information content (AvgIpc) is 3.38. The van der Waals surface area contributed by atoms with Gasteiger partial charge in [-0.15, -0.1) is 12.4 Å². The molecular formula is C19H28ClN3O2. The van der Waals surface area contributed by atoms with Gasteiger partial charge in [0.05, 0.1) is 11.5 Å². The van der Waals surface area contributed by atoms with Gasteiger partial charge in [0.25, 0.3) is 0 Å². The lowest BCUT2D eigenvalue weighted by molar-refractivity contribution is -0.128. The second-order valence-electron chi connectivity index (χ2n) is 7.27. The first kappa shape index (κ1) is 19.7. The Morgan fingerprint density at radius 2 is 2.04 bits per heavy atom. The Balaban J connectivity index is 0.00000225. The van der Waals surface area contributed by atoms with Crippen molar-refractivity contribution < 1.29 is 9.59 Å². The molecule has 1 aromatic carbocycles. The first-order valence-electron chi connectivity index (χ1n) is 8.89. The molecule has 1 aromatic rings. The molecule has 1 saturated heterocycles. The standard InChI is InChI=1S/C19H27N3O2.ClH/c1-3-13-6-4-5-7-16(13)22-11-14(10-17(22)23)18(24)21-19(2,12-20)15-8-9-15;/h4-7,14-15H,3,8-12,20H2,1-2H3,(H,21,24);1H. The van der Waals surface area contributed by atoms with E-state index in [1.807, 2.05) is 31.2 Å². The summed E-state index contributed by atoms with van der Waals surface area (Å²) in [5, 5.41) is 3.13. The van der Waals surface area contributed by atoms with Gasteiger partial charge in [0.1, 0.15) is 0 Å². The molecule has 138 valence electrons. The Kier molecular flexibility index (Phi) is 6.12. The van der Waals surface area contributed by atoms with Crippen molar-refractivity contribution in [1.82, 2.24) is 5.32 Å². The number of hydrogen-bond donors (Lipinski definition) is 2. The number of para-hydroxylation sites is 1. The summed E-state index contributed by atoms with van der Waals surface area (Å²) in [5.41, 5.74) is 7.62. The molecule has 2 unspecified atom stereocenters. The van der Waals surface area contributed by atoms with Crippen LogP contribution in [0, 0.1) is 11.8 Å². The number of carbonyl (C=O) groups is 2. The summed E-state index contributed by atoms with van der Waals surface area (Å²) in [6.07, 6.45) is 3.38. The lowest BCUT2D eigenvalue weighted by Gasteiger charge is -2.30. The van der Waals surface area contributed by atoms with Gasteiger partial charge in [0.15, 0.2) is 0 Å². The quantitative estimate of drug-likeness (QED) is 0.812. The van der Waals surface area contributed by atoms with Crippen LogP contribution in [0.5, 0.6) is 0 Å². The topological polar surface area (TPSA) is 75.4 Å². The number of halogens is 1. The van der Waals surface area contributed by atoms with Gasteiger partial charge in [-0.1, -0.05) is 25.1 Å². The van der Waals surface area contributed by atoms with Crippen LogP contribution in [0.15, 0.2) is 24.3 Å². The lowest BCUT2D eigenvalue weighted by atomic mass is 9.94. The number of nitrogens with two attached hydrogens (primary N) is 1. The highest BCUT2D eigenvalue weighted by molar-refractivity contribution is 6.01. The second-order valence-corrected chi connectivity index (χ2v) is 7.27. The molecule has 5 nitrogen and oxygen atoms in total. The van der Waals surface area contributed by atoms with E-state index >= 15 is 0 Å². The SMILES string of the molecule is CCc1ccccc1N1CC(C(=O)NC(C)(CN)C2CC2)CC1=O.Cl. The van der Waals surface area contributed by atoms with Gasteiger partial charge in [-0.05, 0) is 43.7 Å². The molecule has 1 saturated carbocycles. The number of hydrogen-bond acceptors (Lipinski definition) is 3.